The number of rotatable bonds is 5. The van der Waals surface area contributed by atoms with Crippen LogP contribution in [0.15, 0.2) is 21.5 Å². The van der Waals surface area contributed by atoms with Gasteiger partial charge in [-0.2, -0.15) is 8.42 Å². The normalized spacial score (nSPS) is 12.1. The fourth-order valence-corrected chi connectivity index (χ4v) is 2.53. The maximum absolute atomic E-state index is 10.7. The van der Waals surface area contributed by atoms with Crippen molar-refractivity contribution in [2.75, 3.05) is 6.61 Å². The average Bonchev–Trinajstić information content (AvgIpc) is 2.60. The van der Waals surface area contributed by atoms with Gasteiger partial charge in [-0.3, -0.25) is 4.55 Å². The van der Waals surface area contributed by atoms with Crippen molar-refractivity contribution >= 4 is 27.7 Å². The highest BCUT2D eigenvalue weighted by Gasteiger charge is 2.11. The Balaban J connectivity index is 2.62. The molecule has 0 aliphatic carbocycles. The maximum atomic E-state index is 10.7. The molecule has 1 N–H and O–H groups in total. The molecule has 1 aromatic heterocycles. The Morgan fingerprint density at radius 2 is 2.33 bits per heavy atom. The first-order valence-corrected chi connectivity index (χ1v) is 6.49. The Morgan fingerprint density at radius 1 is 1.60 bits per heavy atom. The molecule has 15 heavy (non-hydrogen) atoms. The van der Waals surface area contributed by atoms with Crippen LogP contribution in [0.5, 0.6) is 0 Å². The standard InChI is InChI=1S/C8H11NO4S2/c1-2-13-9-6-5-7-3-4-8(14-7)15(10,11)12/h3-4,6H,2,5H2,1H3,(H,10,11,12). The Morgan fingerprint density at radius 3 is 2.87 bits per heavy atom. The van der Waals surface area contributed by atoms with E-state index in [9.17, 15) is 8.42 Å². The zero-order chi connectivity index (χ0) is 11.3. The zero-order valence-electron chi connectivity index (χ0n) is 8.08. The predicted octanol–water partition coefficient (Wildman–Crippen LogP) is 1.56. The molecule has 0 saturated heterocycles. The molecular weight excluding hydrogens is 238 g/mol. The summed E-state index contributed by atoms with van der Waals surface area (Å²) in [5.74, 6) is 0. The summed E-state index contributed by atoms with van der Waals surface area (Å²) in [6, 6.07) is 3.00. The molecule has 5 nitrogen and oxygen atoms in total. The number of hydrogen-bond donors (Lipinski definition) is 1. The first-order valence-electron chi connectivity index (χ1n) is 4.24. The molecule has 7 heteroatoms. The smallest absolute Gasteiger partial charge is 0.304 e. The summed E-state index contributed by atoms with van der Waals surface area (Å²) in [5, 5.41) is 3.63. The molecule has 0 amide bonds. The zero-order valence-corrected chi connectivity index (χ0v) is 9.71. The van der Waals surface area contributed by atoms with E-state index in [0.29, 0.717) is 13.0 Å². The number of oxime groups is 1. The average molecular weight is 249 g/mol. The van der Waals surface area contributed by atoms with Gasteiger partial charge in [-0.15, -0.1) is 11.3 Å². The van der Waals surface area contributed by atoms with Gasteiger partial charge in [-0.1, -0.05) is 5.16 Å². The molecule has 84 valence electrons. The van der Waals surface area contributed by atoms with E-state index in [4.69, 9.17) is 9.39 Å². The molecule has 0 saturated carbocycles. The molecule has 0 fully saturated rings. The van der Waals surface area contributed by atoms with Crippen molar-refractivity contribution in [1.29, 1.82) is 0 Å². The van der Waals surface area contributed by atoms with E-state index in [1.807, 2.05) is 6.92 Å². The molecule has 0 aromatic carbocycles. The van der Waals surface area contributed by atoms with Crippen LogP contribution in [-0.4, -0.2) is 25.8 Å². The van der Waals surface area contributed by atoms with E-state index in [0.717, 1.165) is 16.2 Å². The Hall–Kier alpha value is -0.920. The van der Waals surface area contributed by atoms with Crippen LogP contribution in [0, 0.1) is 0 Å². The van der Waals surface area contributed by atoms with Crippen molar-refractivity contribution in [3.8, 4) is 0 Å². The highest BCUT2D eigenvalue weighted by Crippen LogP contribution is 2.21. The third-order valence-corrected chi connectivity index (χ3v) is 3.89. The molecule has 1 heterocycles. The predicted molar refractivity (Wildman–Crippen MR) is 58.0 cm³/mol. The lowest BCUT2D eigenvalue weighted by molar-refractivity contribution is 0.160. The first-order chi connectivity index (χ1) is 7.04. The van der Waals surface area contributed by atoms with Gasteiger partial charge in [0.1, 0.15) is 10.8 Å². The lowest BCUT2D eigenvalue weighted by atomic mass is 10.4. The summed E-state index contributed by atoms with van der Waals surface area (Å²) in [4.78, 5) is 5.53. The van der Waals surface area contributed by atoms with Crippen molar-refractivity contribution in [1.82, 2.24) is 0 Å². The second-order valence-corrected chi connectivity index (χ2v) is 5.42. The maximum Gasteiger partial charge on any atom is 0.304 e. The van der Waals surface area contributed by atoms with Crippen molar-refractivity contribution in [2.24, 2.45) is 5.16 Å². The molecule has 1 rings (SSSR count). The molecule has 0 unspecified atom stereocenters. The van der Waals surface area contributed by atoms with E-state index < -0.39 is 10.1 Å². The largest absolute Gasteiger partial charge is 0.396 e. The van der Waals surface area contributed by atoms with Crippen molar-refractivity contribution in [3.63, 3.8) is 0 Å². The van der Waals surface area contributed by atoms with Gasteiger partial charge in [0.2, 0.25) is 0 Å². The Bertz CT molecular complexity index is 435. The summed E-state index contributed by atoms with van der Waals surface area (Å²) in [6.45, 7) is 2.32. The van der Waals surface area contributed by atoms with Crippen LogP contribution in [0.1, 0.15) is 11.8 Å². The van der Waals surface area contributed by atoms with Gasteiger partial charge in [-0.05, 0) is 19.1 Å². The molecule has 0 bridgehead atoms. The van der Waals surface area contributed by atoms with E-state index in [1.165, 1.54) is 6.07 Å². The van der Waals surface area contributed by atoms with Crippen LogP contribution in [0.3, 0.4) is 0 Å². The molecule has 0 aliphatic heterocycles. The molecule has 1 aromatic rings. The van der Waals surface area contributed by atoms with Crippen LogP contribution >= 0.6 is 11.3 Å². The fourth-order valence-electron chi connectivity index (χ4n) is 0.861. The molecule has 0 spiro atoms. The van der Waals surface area contributed by atoms with Gasteiger partial charge in [0, 0.05) is 17.5 Å². The van der Waals surface area contributed by atoms with Crippen LogP contribution in [0.25, 0.3) is 0 Å². The summed E-state index contributed by atoms with van der Waals surface area (Å²) in [5.41, 5.74) is 0. The monoisotopic (exact) mass is 249 g/mol. The topological polar surface area (TPSA) is 76.0 Å². The van der Waals surface area contributed by atoms with Crippen LogP contribution in [-0.2, 0) is 21.4 Å². The minimum atomic E-state index is -4.07. The lowest BCUT2D eigenvalue weighted by Gasteiger charge is -1.90. The first kappa shape index (κ1) is 12.2. The SMILES string of the molecule is CCON=CCc1ccc(S(=O)(=O)O)s1. The lowest BCUT2D eigenvalue weighted by Crippen LogP contribution is -1.93. The van der Waals surface area contributed by atoms with Gasteiger partial charge in [0.15, 0.2) is 0 Å². The Labute approximate surface area is 92.1 Å². The summed E-state index contributed by atoms with van der Waals surface area (Å²) >= 11 is 1.01. The number of nitrogens with zero attached hydrogens (tertiary/aromatic N) is 1. The third-order valence-electron chi connectivity index (χ3n) is 1.46. The minimum absolute atomic E-state index is 0.0534. The van der Waals surface area contributed by atoms with Crippen LogP contribution in [0.4, 0.5) is 0 Å². The van der Waals surface area contributed by atoms with Gasteiger partial charge in [0.05, 0.1) is 0 Å². The van der Waals surface area contributed by atoms with Crippen LogP contribution in [0.2, 0.25) is 0 Å². The van der Waals surface area contributed by atoms with E-state index >= 15 is 0 Å². The fraction of sp³-hybridized carbons (Fsp3) is 0.375. The third kappa shape index (κ3) is 3.98. The second-order valence-electron chi connectivity index (χ2n) is 2.61. The highest BCUT2D eigenvalue weighted by atomic mass is 32.3. The van der Waals surface area contributed by atoms with E-state index in [-0.39, 0.29) is 4.21 Å². The number of thiophene rings is 1. The molecule has 0 atom stereocenters. The Kier molecular flexibility index (Phi) is 4.25. The van der Waals surface area contributed by atoms with Crippen molar-refractivity contribution in [3.05, 3.63) is 17.0 Å². The quantitative estimate of drug-likeness (QED) is 0.488. The summed E-state index contributed by atoms with van der Waals surface area (Å²) < 4.78 is 30.1. The molecular formula is C8H11NO4S2. The van der Waals surface area contributed by atoms with Crippen molar-refractivity contribution < 1.29 is 17.8 Å². The van der Waals surface area contributed by atoms with Gasteiger partial charge in [0.25, 0.3) is 0 Å². The van der Waals surface area contributed by atoms with Gasteiger partial charge in [-0.25, -0.2) is 0 Å². The highest BCUT2D eigenvalue weighted by molar-refractivity contribution is 7.88. The summed E-state index contributed by atoms with van der Waals surface area (Å²) in [6.07, 6.45) is 2.03. The van der Waals surface area contributed by atoms with Gasteiger partial charge < -0.3 is 4.84 Å². The molecule has 0 radical (unpaired) electrons. The summed E-state index contributed by atoms with van der Waals surface area (Å²) in [7, 11) is -4.07. The second kappa shape index (κ2) is 5.24. The minimum Gasteiger partial charge on any atom is -0.396 e. The van der Waals surface area contributed by atoms with E-state index in [2.05, 4.69) is 5.16 Å². The number of hydrogen-bond acceptors (Lipinski definition) is 5. The van der Waals surface area contributed by atoms with E-state index in [1.54, 1.807) is 12.3 Å². The van der Waals surface area contributed by atoms with Crippen molar-refractivity contribution in [2.45, 2.75) is 17.6 Å². The van der Waals surface area contributed by atoms with Crippen LogP contribution < -0.4 is 0 Å². The molecule has 0 aliphatic rings. The van der Waals surface area contributed by atoms with Gasteiger partial charge >= 0.3 is 10.1 Å².